The van der Waals surface area contributed by atoms with E-state index in [4.69, 9.17) is 9.47 Å². The first-order valence-electron chi connectivity index (χ1n) is 9.25. The Morgan fingerprint density at radius 1 is 0.966 bits per heavy atom. The summed E-state index contributed by atoms with van der Waals surface area (Å²) in [4.78, 5) is 24.2. The fourth-order valence-electron chi connectivity index (χ4n) is 2.34. The van der Waals surface area contributed by atoms with E-state index < -0.39 is 11.8 Å². The molecule has 0 aliphatic carbocycles. The van der Waals surface area contributed by atoms with E-state index in [1.54, 1.807) is 18.2 Å². The van der Waals surface area contributed by atoms with E-state index in [9.17, 15) is 9.59 Å². The Hall–Kier alpha value is -2.06. The third kappa shape index (κ3) is 7.04. The van der Waals surface area contributed by atoms with Crippen molar-refractivity contribution in [2.75, 3.05) is 13.2 Å². The van der Waals surface area contributed by atoms with Crippen molar-refractivity contribution in [2.45, 2.75) is 33.1 Å². The monoisotopic (exact) mass is 526 g/mol. The van der Waals surface area contributed by atoms with Crippen molar-refractivity contribution in [3.63, 3.8) is 0 Å². The van der Waals surface area contributed by atoms with Crippen molar-refractivity contribution < 1.29 is 19.1 Å². The standard InChI is InChI=1S/C21H24Br2N2O4/c1-4-9-28-18-8-6-15(11-17(18)23)21(27)25-24-20(26)12-29-19-7-5-14(13(2)3)10-16(19)22/h5-8,10-11,13H,4,9,12H2,1-3H3,(H,24,26)(H,25,27). The molecule has 0 saturated carbocycles. The highest BCUT2D eigenvalue weighted by molar-refractivity contribution is 9.10. The van der Waals surface area contributed by atoms with Gasteiger partial charge in [-0.2, -0.15) is 0 Å². The summed E-state index contributed by atoms with van der Waals surface area (Å²) < 4.78 is 12.5. The van der Waals surface area contributed by atoms with Gasteiger partial charge < -0.3 is 9.47 Å². The van der Waals surface area contributed by atoms with E-state index in [2.05, 4.69) is 56.6 Å². The fraction of sp³-hybridized carbons (Fsp3) is 0.333. The fourth-order valence-corrected chi connectivity index (χ4v) is 3.35. The minimum atomic E-state index is -0.472. The molecule has 0 aliphatic rings. The number of halogens is 2. The number of hydrogen-bond acceptors (Lipinski definition) is 4. The number of carbonyl (C=O) groups excluding carboxylic acids is 2. The molecule has 8 heteroatoms. The number of hydrazine groups is 1. The first-order chi connectivity index (χ1) is 13.8. The molecule has 0 fully saturated rings. The van der Waals surface area contributed by atoms with Gasteiger partial charge in [0.15, 0.2) is 6.61 Å². The number of benzene rings is 2. The summed E-state index contributed by atoms with van der Waals surface area (Å²) in [6.07, 6.45) is 0.890. The summed E-state index contributed by atoms with van der Waals surface area (Å²) in [5.41, 5.74) is 6.26. The van der Waals surface area contributed by atoms with Gasteiger partial charge in [0.2, 0.25) is 0 Å². The highest BCUT2D eigenvalue weighted by atomic mass is 79.9. The van der Waals surface area contributed by atoms with Gasteiger partial charge >= 0.3 is 0 Å². The summed E-state index contributed by atoms with van der Waals surface area (Å²) in [6, 6.07) is 10.7. The van der Waals surface area contributed by atoms with Crippen LogP contribution >= 0.6 is 31.9 Å². The number of amides is 2. The average molecular weight is 528 g/mol. The van der Waals surface area contributed by atoms with Crippen LogP contribution in [0.25, 0.3) is 0 Å². The van der Waals surface area contributed by atoms with Gasteiger partial charge in [0.25, 0.3) is 11.8 Å². The van der Waals surface area contributed by atoms with E-state index in [1.807, 2.05) is 25.1 Å². The van der Waals surface area contributed by atoms with Crippen molar-refractivity contribution >= 4 is 43.7 Å². The van der Waals surface area contributed by atoms with Crippen LogP contribution < -0.4 is 20.3 Å². The summed E-state index contributed by atoms with van der Waals surface area (Å²) in [7, 11) is 0. The second-order valence-corrected chi connectivity index (χ2v) is 8.34. The third-order valence-corrected chi connectivity index (χ3v) is 5.19. The highest BCUT2D eigenvalue weighted by Crippen LogP contribution is 2.29. The molecule has 0 aliphatic heterocycles. The Morgan fingerprint density at radius 2 is 1.62 bits per heavy atom. The average Bonchev–Trinajstić information content (AvgIpc) is 2.69. The van der Waals surface area contributed by atoms with Crippen LogP contribution in [0.15, 0.2) is 45.3 Å². The van der Waals surface area contributed by atoms with Crippen LogP contribution in [-0.2, 0) is 4.79 Å². The highest BCUT2D eigenvalue weighted by Gasteiger charge is 2.12. The maximum absolute atomic E-state index is 12.2. The molecular weight excluding hydrogens is 504 g/mol. The van der Waals surface area contributed by atoms with E-state index in [-0.39, 0.29) is 6.61 Å². The molecule has 0 bridgehead atoms. The molecule has 2 N–H and O–H groups in total. The zero-order valence-electron chi connectivity index (χ0n) is 16.6. The third-order valence-electron chi connectivity index (χ3n) is 3.95. The van der Waals surface area contributed by atoms with Gasteiger partial charge in [-0.25, -0.2) is 0 Å². The molecule has 0 unspecified atom stereocenters. The number of ether oxygens (including phenoxy) is 2. The van der Waals surface area contributed by atoms with Crippen LogP contribution in [0.5, 0.6) is 11.5 Å². The molecule has 0 aromatic heterocycles. The predicted molar refractivity (Wildman–Crippen MR) is 119 cm³/mol. The number of hydrogen-bond donors (Lipinski definition) is 2. The van der Waals surface area contributed by atoms with Crippen molar-refractivity contribution in [3.05, 3.63) is 56.5 Å². The number of nitrogens with one attached hydrogen (secondary N) is 2. The lowest BCUT2D eigenvalue weighted by Gasteiger charge is -2.12. The van der Waals surface area contributed by atoms with Gasteiger partial charge in [-0.05, 0) is 80.1 Å². The number of rotatable bonds is 8. The van der Waals surface area contributed by atoms with Crippen LogP contribution in [0, 0.1) is 0 Å². The van der Waals surface area contributed by atoms with Gasteiger partial charge in [-0.1, -0.05) is 26.8 Å². The Kier molecular flexibility index (Phi) is 8.98. The van der Waals surface area contributed by atoms with Crippen LogP contribution in [0.4, 0.5) is 0 Å². The molecule has 0 atom stereocenters. The predicted octanol–water partition coefficient (Wildman–Crippen LogP) is 4.96. The zero-order chi connectivity index (χ0) is 21.4. The molecule has 0 saturated heterocycles. The Morgan fingerprint density at radius 3 is 2.24 bits per heavy atom. The lowest BCUT2D eigenvalue weighted by Crippen LogP contribution is -2.43. The molecule has 0 heterocycles. The second-order valence-electron chi connectivity index (χ2n) is 6.63. The maximum Gasteiger partial charge on any atom is 0.276 e. The van der Waals surface area contributed by atoms with Crippen LogP contribution in [0.3, 0.4) is 0 Å². The van der Waals surface area contributed by atoms with Gasteiger partial charge in [-0.3, -0.25) is 20.4 Å². The summed E-state index contributed by atoms with van der Waals surface area (Å²) in [6.45, 7) is 6.58. The molecule has 0 spiro atoms. The minimum absolute atomic E-state index is 0.229. The Bertz CT molecular complexity index is 872. The van der Waals surface area contributed by atoms with E-state index in [0.717, 1.165) is 10.9 Å². The quantitative estimate of drug-likeness (QED) is 0.475. The topological polar surface area (TPSA) is 76.7 Å². The van der Waals surface area contributed by atoms with Crippen LogP contribution in [-0.4, -0.2) is 25.0 Å². The van der Waals surface area contributed by atoms with E-state index in [1.165, 1.54) is 5.56 Å². The van der Waals surface area contributed by atoms with Gasteiger partial charge in [0.1, 0.15) is 11.5 Å². The molecule has 2 amide bonds. The molecule has 6 nitrogen and oxygen atoms in total. The van der Waals surface area contributed by atoms with E-state index >= 15 is 0 Å². The summed E-state index contributed by atoms with van der Waals surface area (Å²) in [5.74, 6) is 0.701. The molecule has 156 valence electrons. The van der Waals surface area contributed by atoms with Crippen LogP contribution in [0.2, 0.25) is 0 Å². The zero-order valence-corrected chi connectivity index (χ0v) is 19.7. The maximum atomic E-state index is 12.2. The molecule has 2 aromatic rings. The first-order valence-corrected chi connectivity index (χ1v) is 10.8. The Balaban J connectivity index is 1.84. The molecule has 29 heavy (non-hydrogen) atoms. The lowest BCUT2D eigenvalue weighted by molar-refractivity contribution is -0.123. The van der Waals surface area contributed by atoms with Crippen molar-refractivity contribution in [3.8, 4) is 11.5 Å². The molecule has 0 radical (unpaired) electrons. The van der Waals surface area contributed by atoms with Crippen LogP contribution in [0.1, 0.15) is 49.0 Å². The second kappa shape index (κ2) is 11.2. The summed E-state index contributed by atoms with van der Waals surface area (Å²) in [5, 5.41) is 0. The molecule has 2 rings (SSSR count). The van der Waals surface area contributed by atoms with Crippen molar-refractivity contribution in [1.29, 1.82) is 0 Å². The largest absolute Gasteiger partial charge is 0.492 e. The Labute approximate surface area is 187 Å². The minimum Gasteiger partial charge on any atom is -0.492 e. The SMILES string of the molecule is CCCOc1ccc(C(=O)NNC(=O)COc2ccc(C(C)C)cc2Br)cc1Br. The first kappa shape index (κ1) is 23.2. The van der Waals surface area contributed by atoms with E-state index in [0.29, 0.717) is 34.1 Å². The molecule has 2 aromatic carbocycles. The smallest absolute Gasteiger partial charge is 0.276 e. The van der Waals surface area contributed by atoms with Crippen molar-refractivity contribution in [1.82, 2.24) is 10.9 Å². The normalized spacial score (nSPS) is 10.6. The van der Waals surface area contributed by atoms with Gasteiger partial charge in [-0.15, -0.1) is 0 Å². The molecular formula is C21H24Br2N2O4. The lowest BCUT2D eigenvalue weighted by atomic mass is 10.0. The van der Waals surface area contributed by atoms with Crippen molar-refractivity contribution in [2.24, 2.45) is 0 Å². The van der Waals surface area contributed by atoms with Gasteiger partial charge in [0.05, 0.1) is 15.6 Å². The van der Waals surface area contributed by atoms with Gasteiger partial charge in [0, 0.05) is 5.56 Å². The number of carbonyl (C=O) groups is 2. The summed E-state index contributed by atoms with van der Waals surface area (Å²) >= 11 is 6.83.